The summed E-state index contributed by atoms with van der Waals surface area (Å²) in [7, 11) is 1.60. The average molecular weight is 285 g/mol. The summed E-state index contributed by atoms with van der Waals surface area (Å²) in [5.74, 6) is 1.25. The molecule has 2 aromatic carbocycles. The lowest BCUT2D eigenvalue weighted by atomic mass is 10.2. The molecule has 0 saturated carbocycles. The summed E-state index contributed by atoms with van der Waals surface area (Å²) in [5.41, 5.74) is 1.74. The number of methoxy groups -OCH3 is 1. The third kappa shape index (κ3) is 4.61. The van der Waals surface area contributed by atoms with Crippen LogP contribution in [0, 0.1) is 6.92 Å². The molecule has 0 aliphatic carbocycles. The van der Waals surface area contributed by atoms with Crippen molar-refractivity contribution in [1.29, 1.82) is 0 Å². The van der Waals surface area contributed by atoms with Gasteiger partial charge in [0.2, 0.25) is 0 Å². The van der Waals surface area contributed by atoms with Crippen LogP contribution in [0.25, 0.3) is 0 Å². The standard InChI is InChI=1S/C17H19NO3/c1-13-6-8-15(9-7-13)21-16-5-3-4-14(12-16)17(19)18-10-11-20-2/h3-9,12H,10-11H2,1-2H3,(H,18,19). The summed E-state index contributed by atoms with van der Waals surface area (Å²) >= 11 is 0. The summed E-state index contributed by atoms with van der Waals surface area (Å²) in [6.45, 7) is 3.00. The molecular formula is C17H19NO3. The number of carbonyl (C=O) groups excluding carboxylic acids is 1. The van der Waals surface area contributed by atoms with E-state index in [0.717, 1.165) is 5.75 Å². The number of benzene rings is 2. The second-order valence-electron chi connectivity index (χ2n) is 4.69. The van der Waals surface area contributed by atoms with Gasteiger partial charge in [-0.1, -0.05) is 23.8 Å². The molecule has 0 heterocycles. The molecule has 0 atom stereocenters. The lowest BCUT2D eigenvalue weighted by molar-refractivity contribution is 0.0937. The van der Waals surface area contributed by atoms with Crippen LogP contribution in [0.4, 0.5) is 0 Å². The largest absolute Gasteiger partial charge is 0.457 e. The molecule has 0 radical (unpaired) electrons. The van der Waals surface area contributed by atoms with E-state index >= 15 is 0 Å². The number of aryl methyl sites for hydroxylation is 1. The zero-order valence-electron chi connectivity index (χ0n) is 12.3. The Morgan fingerprint density at radius 2 is 1.86 bits per heavy atom. The van der Waals surface area contributed by atoms with E-state index in [1.54, 1.807) is 25.3 Å². The van der Waals surface area contributed by atoms with E-state index in [9.17, 15) is 4.79 Å². The van der Waals surface area contributed by atoms with Crippen molar-refractivity contribution in [1.82, 2.24) is 5.32 Å². The Morgan fingerprint density at radius 3 is 2.57 bits per heavy atom. The van der Waals surface area contributed by atoms with Crippen molar-refractivity contribution >= 4 is 5.91 Å². The van der Waals surface area contributed by atoms with E-state index in [1.165, 1.54) is 5.56 Å². The van der Waals surface area contributed by atoms with Crippen molar-refractivity contribution in [3.63, 3.8) is 0 Å². The Kier molecular flexibility index (Phi) is 5.35. The van der Waals surface area contributed by atoms with E-state index < -0.39 is 0 Å². The summed E-state index contributed by atoms with van der Waals surface area (Å²) in [6.07, 6.45) is 0. The van der Waals surface area contributed by atoms with Gasteiger partial charge in [0.15, 0.2) is 0 Å². The number of nitrogens with one attached hydrogen (secondary N) is 1. The van der Waals surface area contributed by atoms with Crippen LogP contribution in [0.1, 0.15) is 15.9 Å². The van der Waals surface area contributed by atoms with Crippen LogP contribution in [0.5, 0.6) is 11.5 Å². The quantitative estimate of drug-likeness (QED) is 0.829. The van der Waals surface area contributed by atoms with Crippen molar-refractivity contribution in [2.24, 2.45) is 0 Å². The fourth-order valence-electron chi connectivity index (χ4n) is 1.81. The van der Waals surface area contributed by atoms with E-state index in [2.05, 4.69) is 5.32 Å². The number of ether oxygens (including phenoxy) is 2. The van der Waals surface area contributed by atoms with E-state index in [1.807, 2.05) is 37.3 Å². The molecule has 0 saturated heterocycles. The molecule has 2 rings (SSSR count). The average Bonchev–Trinajstić information content (AvgIpc) is 2.50. The first kappa shape index (κ1) is 15.1. The Bertz CT molecular complexity index is 593. The smallest absolute Gasteiger partial charge is 0.251 e. The Labute approximate surface area is 124 Å². The van der Waals surface area contributed by atoms with E-state index in [0.29, 0.717) is 24.5 Å². The molecule has 0 aliphatic heterocycles. The molecule has 0 aromatic heterocycles. The molecule has 0 unspecified atom stereocenters. The molecule has 4 heteroatoms. The maximum Gasteiger partial charge on any atom is 0.251 e. The van der Waals surface area contributed by atoms with Crippen molar-refractivity contribution in [3.05, 3.63) is 59.7 Å². The maximum atomic E-state index is 11.9. The summed E-state index contributed by atoms with van der Waals surface area (Å²) in [5, 5.41) is 2.78. The SMILES string of the molecule is COCCNC(=O)c1cccc(Oc2ccc(C)cc2)c1. The van der Waals surface area contributed by atoms with Gasteiger partial charge in [0.25, 0.3) is 5.91 Å². The minimum absolute atomic E-state index is 0.138. The fourth-order valence-corrected chi connectivity index (χ4v) is 1.81. The predicted molar refractivity (Wildman–Crippen MR) is 81.9 cm³/mol. The number of rotatable bonds is 6. The Hall–Kier alpha value is -2.33. The first-order valence-corrected chi connectivity index (χ1v) is 6.81. The van der Waals surface area contributed by atoms with Gasteiger partial charge < -0.3 is 14.8 Å². The highest BCUT2D eigenvalue weighted by Crippen LogP contribution is 2.22. The van der Waals surface area contributed by atoms with Gasteiger partial charge in [-0.15, -0.1) is 0 Å². The number of amides is 1. The van der Waals surface area contributed by atoms with Crippen LogP contribution < -0.4 is 10.1 Å². The van der Waals surface area contributed by atoms with Crippen LogP contribution in [-0.4, -0.2) is 26.2 Å². The zero-order valence-corrected chi connectivity index (χ0v) is 12.3. The zero-order chi connectivity index (χ0) is 15.1. The highest BCUT2D eigenvalue weighted by Gasteiger charge is 2.06. The molecule has 0 aliphatic rings. The van der Waals surface area contributed by atoms with Crippen LogP contribution in [0.3, 0.4) is 0 Å². The minimum atomic E-state index is -0.138. The van der Waals surface area contributed by atoms with Crippen molar-refractivity contribution in [2.75, 3.05) is 20.3 Å². The highest BCUT2D eigenvalue weighted by molar-refractivity contribution is 5.94. The fraction of sp³-hybridized carbons (Fsp3) is 0.235. The first-order chi connectivity index (χ1) is 10.2. The third-order valence-electron chi connectivity index (χ3n) is 2.94. The van der Waals surface area contributed by atoms with Gasteiger partial charge in [0.1, 0.15) is 11.5 Å². The lowest BCUT2D eigenvalue weighted by Gasteiger charge is -2.08. The summed E-state index contributed by atoms with van der Waals surface area (Å²) < 4.78 is 10.6. The third-order valence-corrected chi connectivity index (χ3v) is 2.94. The molecule has 4 nitrogen and oxygen atoms in total. The van der Waals surface area contributed by atoms with Gasteiger partial charge in [0.05, 0.1) is 6.61 Å². The van der Waals surface area contributed by atoms with E-state index in [4.69, 9.17) is 9.47 Å². The van der Waals surface area contributed by atoms with Gasteiger partial charge in [-0.25, -0.2) is 0 Å². The summed E-state index contributed by atoms with van der Waals surface area (Å²) in [4.78, 5) is 11.9. The second kappa shape index (κ2) is 7.45. The molecule has 1 N–H and O–H groups in total. The van der Waals surface area contributed by atoms with Crippen LogP contribution >= 0.6 is 0 Å². The number of carbonyl (C=O) groups is 1. The normalized spacial score (nSPS) is 10.2. The Morgan fingerprint density at radius 1 is 1.10 bits per heavy atom. The van der Waals surface area contributed by atoms with Crippen molar-refractivity contribution in [2.45, 2.75) is 6.92 Å². The molecule has 21 heavy (non-hydrogen) atoms. The molecule has 0 bridgehead atoms. The highest BCUT2D eigenvalue weighted by atomic mass is 16.5. The van der Waals surface area contributed by atoms with Gasteiger partial charge in [0, 0.05) is 19.2 Å². The van der Waals surface area contributed by atoms with E-state index in [-0.39, 0.29) is 5.91 Å². The summed E-state index contributed by atoms with van der Waals surface area (Å²) in [6, 6.07) is 14.9. The Balaban J connectivity index is 2.03. The van der Waals surface area contributed by atoms with Gasteiger partial charge in [-0.2, -0.15) is 0 Å². The molecule has 0 fully saturated rings. The minimum Gasteiger partial charge on any atom is -0.457 e. The number of hydrogen-bond acceptors (Lipinski definition) is 3. The molecule has 110 valence electrons. The van der Waals surface area contributed by atoms with Gasteiger partial charge in [-0.05, 0) is 37.3 Å². The predicted octanol–water partition coefficient (Wildman–Crippen LogP) is 3.16. The second-order valence-corrected chi connectivity index (χ2v) is 4.69. The van der Waals surface area contributed by atoms with Crippen LogP contribution in [-0.2, 0) is 4.74 Å². The van der Waals surface area contributed by atoms with Gasteiger partial charge in [-0.3, -0.25) is 4.79 Å². The molecule has 0 spiro atoms. The molecule has 2 aromatic rings. The number of hydrogen-bond donors (Lipinski definition) is 1. The topological polar surface area (TPSA) is 47.6 Å². The molecular weight excluding hydrogens is 266 g/mol. The van der Waals surface area contributed by atoms with Crippen LogP contribution in [0.2, 0.25) is 0 Å². The van der Waals surface area contributed by atoms with Gasteiger partial charge >= 0.3 is 0 Å². The monoisotopic (exact) mass is 285 g/mol. The maximum absolute atomic E-state index is 11.9. The lowest BCUT2D eigenvalue weighted by Crippen LogP contribution is -2.26. The van der Waals surface area contributed by atoms with Crippen LogP contribution in [0.15, 0.2) is 48.5 Å². The first-order valence-electron chi connectivity index (χ1n) is 6.81. The van der Waals surface area contributed by atoms with Crippen molar-refractivity contribution in [3.8, 4) is 11.5 Å². The van der Waals surface area contributed by atoms with Crippen molar-refractivity contribution < 1.29 is 14.3 Å². The molecule has 1 amide bonds.